The number of ether oxygens (including phenoxy) is 1. The molecule has 0 bridgehead atoms. The number of carbonyl (C=O) groups excluding carboxylic acids is 3. The van der Waals surface area contributed by atoms with E-state index in [1.165, 1.54) is 30.9 Å². The first-order valence-corrected chi connectivity index (χ1v) is 8.52. The Kier molecular flexibility index (Phi) is 6.15. The minimum absolute atomic E-state index is 0.153. The van der Waals surface area contributed by atoms with Gasteiger partial charge in [0.25, 0.3) is 5.91 Å². The number of esters is 1. The highest BCUT2D eigenvalue weighted by molar-refractivity contribution is 6.01. The summed E-state index contributed by atoms with van der Waals surface area (Å²) < 4.78 is 18.5. The van der Waals surface area contributed by atoms with E-state index >= 15 is 0 Å². The second-order valence-electron chi connectivity index (χ2n) is 6.55. The molecular formula is C20H23FN2O4. The Morgan fingerprint density at radius 3 is 2.48 bits per heavy atom. The van der Waals surface area contributed by atoms with Crippen LogP contribution in [0.1, 0.15) is 51.5 Å². The number of amides is 1. The molecule has 1 amide bonds. The van der Waals surface area contributed by atoms with Crippen LogP contribution in [0.15, 0.2) is 24.3 Å². The summed E-state index contributed by atoms with van der Waals surface area (Å²) in [4.78, 5) is 40.8. The topological polar surface area (TPSA) is 79.5 Å². The number of aryl methyl sites for hydroxylation is 1. The first-order chi connectivity index (χ1) is 12.6. The molecule has 27 heavy (non-hydrogen) atoms. The van der Waals surface area contributed by atoms with E-state index < -0.39 is 18.0 Å². The summed E-state index contributed by atoms with van der Waals surface area (Å²) >= 11 is 0. The highest BCUT2D eigenvalue weighted by atomic mass is 19.1. The van der Waals surface area contributed by atoms with Crippen molar-refractivity contribution in [2.45, 2.75) is 40.3 Å². The number of rotatable bonds is 6. The lowest BCUT2D eigenvalue weighted by molar-refractivity contribution is -0.139. The SMILES string of the molecule is CC(=O)c1c(C)[nH]c(C(=O)O[C@H](C)C(=O)N(C)Cc2cccc(F)c2)c1C. The van der Waals surface area contributed by atoms with Crippen LogP contribution in [0.25, 0.3) is 0 Å². The van der Waals surface area contributed by atoms with E-state index in [1.807, 2.05) is 0 Å². The summed E-state index contributed by atoms with van der Waals surface area (Å²) in [6.45, 7) is 6.43. The molecule has 2 aromatic rings. The number of carbonyl (C=O) groups is 3. The molecule has 1 aromatic heterocycles. The predicted molar refractivity (Wildman–Crippen MR) is 98.0 cm³/mol. The molecular weight excluding hydrogens is 351 g/mol. The summed E-state index contributed by atoms with van der Waals surface area (Å²) in [5.74, 6) is -1.66. The van der Waals surface area contributed by atoms with Gasteiger partial charge in [-0.25, -0.2) is 9.18 Å². The molecule has 0 unspecified atom stereocenters. The number of Topliss-reactive ketones (excluding diaryl/α,β-unsaturated/α-hetero) is 1. The fraction of sp³-hybridized carbons (Fsp3) is 0.350. The Hall–Kier alpha value is -2.96. The van der Waals surface area contributed by atoms with Crippen LogP contribution in [0.3, 0.4) is 0 Å². The van der Waals surface area contributed by atoms with Crippen LogP contribution >= 0.6 is 0 Å². The number of likely N-dealkylation sites (N-methyl/N-ethyl adjacent to an activating group) is 1. The normalized spacial score (nSPS) is 11.8. The highest BCUT2D eigenvalue weighted by Crippen LogP contribution is 2.20. The van der Waals surface area contributed by atoms with Gasteiger partial charge in [0.1, 0.15) is 11.5 Å². The van der Waals surface area contributed by atoms with E-state index in [2.05, 4.69) is 4.98 Å². The fourth-order valence-corrected chi connectivity index (χ4v) is 3.05. The third-order valence-corrected chi connectivity index (χ3v) is 4.31. The average Bonchev–Trinajstić information content (AvgIpc) is 2.88. The van der Waals surface area contributed by atoms with Crippen molar-refractivity contribution in [3.8, 4) is 0 Å². The lowest BCUT2D eigenvalue weighted by Crippen LogP contribution is -2.37. The van der Waals surface area contributed by atoms with Crippen LogP contribution < -0.4 is 0 Å². The monoisotopic (exact) mass is 374 g/mol. The van der Waals surface area contributed by atoms with Crippen molar-refractivity contribution in [1.82, 2.24) is 9.88 Å². The molecule has 144 valence electrons. The number of hydrogen-bond acceptors (Lipinski definition) is 4. The van der Waals surface area contributed by atoms with Gasteiger partial charge >= 0.3 is 5.97 Å². The van der Waals surface area contributed by atoms with Gasteiger partial charge < -0.3 is 14.6 Å². The fourth-order valence-electron chi connectivity index (χ4n) is 3.05. The Labute approximate surface area is 157 Å². The number of hydrogen-bond donors (Lipinski definition) is 1. The van der Waals surface area contributed by atoms with Crippen molar-refractivity contribution < 1.29 is 23.5 Å². The molecule has 0 aliphatic heterocycles. The Morgan fingerprint density at radius 1 is 1.26 bits per heavy atom. The number of aromatic amines is 1. The van der Waals surface area contributed by atoms with E-state index in [9.17, 15) is 18.8 Å². The van der Waals surface area contributed by atoms with Gasteiger partial charge in [0.2, 0.25) is 0 Å². The molecule has 1 heterocycles. The zero-order chi connectivity index (χ0) is 20.3. The molecule has 0 spiro atoms. The Balaban J connectivity index is 2.06. The third kappa shape index (κ3) is 4.61. The number of nitrogens with zero attached hydrogens (tertiary/aromatic N) is 1. The molecule has 6 nitrogen and oxygen atoms in total. The van der Waals surface area contributed by atoms with Crippen molar-refractivity contribution in [2.24, 2.45) is 0 Å². The summed E-state index contributed by atoms with van der Waals surface area (Å²) in [6.07, 6.45) is -1.03. The first-order valence-electron chi connectivity index (χ1n) is 8.52. The van der Waals surface area contributed by atoms with Crippen LogP contribution in [0, 0.1) is 19.7 Å². The lowest BCUT2D eigenvalue weighted by Gasteiger charge is -2.21. The van der Waals surface area contributed by atoms with Crippen molar-refractivity contribution in [1.29, 1.82) is 0 Å². The van der Waals surface area contributed by atoms with E-state index in [0.29, 0.717) is 22.4 Å². The van der Waals surface area contributed by atoms with Crippen molar-refractivity contribution >= 4 is 17.7 Å². The van der Waals surface area contributed by atoms with Gasteiger partial charge in [-0.3, -0.25) is 9.59 Å². The molecule has 0 fully saturated rings. The lowest BCUT2D eigenvalue weighted by atomic mass is 10.1. The molecule has 0 aliphatic carbocycles. The van der Waals surface area contributed by atoms with Crippen molar-refractivity contribution in [3.63, 3.8) is 0 Å². The van der Waals surface area contributed by atoms with Gasteiger partial charge in [0.15, 0.2) is 11.9 Å². The molecule has 1 N–H and O–H groups in total. The number of benzene rings is 1. The second-order valence-corrected chi connectivity index (χ2v) is 6.55. The van der Waals surface area contributed by atoms with Crippen molar-refractivity contribution in [2.75, 3.05) is 7.05 Å². The smallest absolute Gasteiger partial charge is 0.355 e. The molecule has 7 heteroatoms. The molecule has 0 aliphatic rings. The molecule has 1 aromatic carbocycles. The largest absolute Gasteiger partial charge is 0.448 e. The number of halogens is 1. The molecule has 2 rings (SSSR count). The quantitative estimate of drug-likeness (QED) is 0.622. The maximum Gasteiger partial charge on any atom is 0.355 e. The molecule has 0 radical (unpaired) electrons. The van der Waals surface area contributed by atoms with E-state index in [0.717, 1.165) is 0 Å². The molecule has 1 atom stereocenters. The van der Waals surface area contributed by atoms with Gasteiger partial charge in [0, 0.05) is 24.8 Å². The zero-order valence-corrected chi connectivity index (χ0v) is 16.1. The first kappa shape index (κ1) is 20.4. The summed E-state index contributed by atoms with van der Waals surface area (Å²) in [7, 11) is 1.55. The zero-order valence-electron chi connectivity index (χ0n) is 16.1. The van der Waals surface area contributed by atoms with Gasteiger partial charge in [-0.1, -0.05) is 12.1 Å². The van der Waals surface area contributed by atoms with Gasteiger partial charge in [-0.15, -0.1) is 0 Å². The predicted octanol–water partition coefficient (Wildman–Crippen LogP) is 3.18. The van der Waals surface area contributed by atoms with E-state index in [-0.39, 0.29) is 23.8 Å². The summed E-state index contributed by atoms with van der Waals surface area (Å²) in [5, 5.41) is 0. The average molecular weight is 374 g/mol. The number of nitrogens with one attached hydrogen (secondary N) is 1. The van der Waals surface area contributed by atoms with Crippen molar-refractivity contribution in [3.05, 3.63) is 58.2 Å². The minimum atomic E-state index is -1.03. The van der Waals surface area contributed by atoms with Crippen LogP contribution in [0.5, 0.6) is 0 Å². The highest BCUT2D eigenvalue weighted by Gasteiger charge is 2.26. The van der Waals surface area contributed by atoms with Gasteiger partial charge in [0.05, 0.1) is 0 Å². The maximum absolute atomic E-state index is 13.3. The number of H-pyrrole nitrogens is 1. The number of ketones is 1. The van der Waals surface area contributed by atoms with Gasteiger partial charge in [-0.05, 0) is 51.0 Å². The summed E-state index contributed by atoms with van der Waals surface area (Å²) in [6, 6.07) is 5.94. The van der Waals surface area contributed by atoms with Gasteiger partial charge in [-0.2, -0.15) is 0 Å². The summed E-state index contributed by atoms with van der Waals surface area (Å²) in [5.41, 5.74) is 2.31. The second kappa shape index (κ2) is 8.16. The Bertz CT molecular complexity index is 888. The van der Waals surface area contributed by atoms with E-state index in [1.54, 1.807) is 33.0 Å². The molecule has 0 saturated heterocycles. The van der Waals surface area contributed by atoms with Crippen LogP contribution in [-0.4, -0.2) is 40.7 Å². The standard InChI is InChI=1S/C20H23FN2O4/c1-11-17(13(3)24)12(2)22-18(11)20(26)27-14(4)19(25)23(5)10-15-7-6-8-16(21)9-15/h6-9,14,22H,10H2,1-5H3/t14-/m1/s1. The molecule has 0 saturated carbocycles. The Morgan fingerprint density at radius 2 is 1.93 bits per heavy atom. The maximum atomic E-state index is 13.3. The van der Waals surface area contributed by atoms with E-state index in [4.69, 9.17) is 4.74 Å². The minimum Gasteiger partial charge on any atom is -0.448 e. The third-order valence-electron chi connectivity index (χ3n) is 4.31. The van der Waals surface area contributed by atoms with Crippen LogP contribution in [0.4, 0.5) is 4.39 Å². The van der Waals surface area contributed by atoms with Crippen LogP contribution in [-0.2, 0) is 16.1 Å². The number of aromatic nitrogens is 1. The van der Waals surface area contributed by atoms with Crippen LogP contribution in [0.2, 0.25) is 0 Å².